The summed E-state index contributed by atoms with van der Waals surface area (Å²) in [6.07, 6.45) is 2.21. The smallest absolute Gasteiger partial charge is 0.123 e. The summed E-state index contributed by atoms with van der Waals surface area (Å²) in [6.45, 7) is 10.3. The van der Waals surface area contributed by atoms with E-state index in [0.29, 0.717) is 0 Å². The van der Waals surface area contributed by atoms with Gasteiger partial charge >= 0.3 is 0 Å². The summed E-state index contributed by atoms with van der Waals surface area (Å²) in [5.74, 6) is 0.690. The van der Waals surface area contributed by atoms with E-state index in [1.165, 1.54) is 5.56 Å². The number of hydrogen-bond acceptors (Lipinski definition) is 5. The van der Waals surface area contributed by atoms with Crippen LogP contribution in [0, 0.1) is 5.82 Å². The molecule has 2 N–H and O–H groups in total. The van der Waals surface area contributed by atoms with Crippen molar-refractivity contribution in [2.45, 2.75) is 25.9 Å². The van der Waals surface area contributed by atoms with E-state index in [-0.39, 0.29) is 5.82 Å². The molecule has 6 heteroatoms. The minimum atomic E-state index is -0.184. The maximum absolute atomic E-state index is 13.3. The molecular weight excluding hydrogens is 391 g/mol. The molecule has 1 saturated heterocycles. The highest BCUT2D eigenvalue weighted by Gasteiger charge is 2.16. The zero-order valence-corrected chi connectivity index (χ0v) is 18.8. The lowest BCUT2D eigenvalue weighted by Gasteiger charge is -2.35. The van der Waals surface area contributed by atoms with Crippen LogP contribution in [-0.2, 0) is 13.1 Å². The average molecular weight is 429 g/mol. The number of methoxy groups -OCH3 is 1. The number of piperazine rings is 1. The lowest BCUT2D eigenvalue weighted by Crippen LogP contribution is -2.47. The van der Waals surface area contributed by atoms with E-state index in [2.05, 4.69) is 26.8 Å². The van der Waals surface area contributed by atoms with Crippen LogP contribution in [-0.4, -0.2) is 74.2 Å². The molecule has 0 spiro atoms. The predicted molar refractivity (Wildman–Crippen MR) is 125 cm³/mol. The van der Waals surface area contributed by atoms with Crippen LogP contribution in [0.25, 0.3) is 0 Å². The summed E-state index contributed by atoms with van der Waals surface area (Å²) in [5, 5.41) is 0. The van der Waals surface area contributed by atoms with Gasteiger partial charge in [0.15, 0.2) is 0 Å². The third-order valence-electron chi connectivity index (χ3n) is 5.98. The van der Waals surface area contributed by atoms with Gasteiger partial charge in [-0.15, -0.1) is 0 Å². The van der Waals surface area contributed by atoms with Gasteiger partial charge in [0, 0.05) is 45.8 Å². The number of nitrogens with zero attached hydrogens (tertiary/aromatic N) is 3. The van der Waals surface area contributed by atoms with Crippen LogP contribution in [0.15, 0.2) is 48.5 Å². The van der Waals surface area contributed by atoms with Crippen molar-refractivity contribution < 1.29 is 9.13 Å². The Morgan fingerprint density at radius 2 is 1.35 bits per heavy atom. The molecule has 5 nitrogen and oxygen atoms in total. The standard InChI is InChI=1S/C25H37FN4O/c1-31-25-10-6-23(7-11-25)21-30(20-22-4-8-24(26)9-5-22)15-3-14-29-18-16-28(17-19-29)13-2-12-27/h4-11H,2-3,12-21,27H2,1H3. The maximum Gasteiger partial charge on any atom is 0.123 e. The van der Waals surface area contributed by atoms with Crippen LogP contribution >= 0.6 is 0 Å². The molecule has 1 aliphatic heterocycles. The van der Waals surface area contributed by atoms with Crippen LogP contribution in [0.5, 0.6) is 5.75 Å². The summed E-state index contributed by atoms with van der Waals surface area (Å²) < 4.78 is 18.6. The van der Waals surface area contributed by atoms with Gasteiger partial charge in [0.25, 0.3) is 0 Å². The molecule has 0 aromatic heterocycles. The van der Waals surface area contributed by atoms with Gasteiger partial charge in [0.05, 0.1) is 7.11 Å². The Morgan fingerprint density at radius 3 is 1.87 bits per heavy atom. The van der Waals surface area contributed by atoms with Gasteiger partial charge in [0.2, 0.25) is 0 Å². The Balaban J connectivity index is 1.50. The average Bonchev–Trinajstić information content (AvgIpc) is 2.80. The SMILES string of the molecule is COc1ccc(CN(CCCN2CCN(CCCN)CC2)Cc2ccc(F)cc2)cc1. The van der Waals surface area contributed by atoms with E-state index in [1.807, 2.05) is 24.3 Å². The van der Waals surface area contributed by atoms with Gasteiger partial charge in [-0.05, 0) is 67.9 Å². The van der Waals surface area contributed by atoms with Crippen molar-refractivity contribution in [1.82, 2.24) is 14.7 Å². The molecule has 3 rings (SSSR count). The molecule has 0 unspecified atom stereocenters. The first-order valence-corrected chi connectivity index (χ1v) is 11.4. The van der Waals surface area contributed by atoms with Gasteiger partial charge in [-0.1, -0.05) is 24.3 Å². The summed E-state index contributed by atoms with van der Waals surface area (Å²) in [6, 6.07) is 15.1. The molecule has 2 aromatic carbocycles. The highest BCUT2D eigenvalue weighted by atomic mass is 19.1. The molecule has 0 saturated carbocycles. The topological polar surface area (TPSA) is 45.0 Å². The van der Waals surface area contributed by atoms with Crippen LogP contribution < -0.4 is 10.5 Å². The van der Waals surface area contributed by atoms with Crippen LogP contribution in [0.3, 0.4) is 0 Å². The Hall–Kier alpha value is -1.99. The largest absolute Gasteiger partial charge is 0.497 e. The molecule has 1 fully saturated rings. The Labute approximate surface area is 186 Å². The minimum absolute atomic E-state index is 0.184. The number of hydrogen-bond donors (Lipinski definition) is 1. The first-order valence-electron chi connectivity index (χ1n) is 11.4. The molecule has 170 valence electrons. The van der Waals surface area contributed by atoms with E-state index in [1.54, 1.807) is 19.2 Å². The number of rotatable bonds is 12. The third-order valence-corrected chi connectivity index (χ3v) is 5.98. The van der Waals surface area contributed by atoms with Gasteiger partial charge in [-0.25, -0.2) is 4.39 Å². The molecule has 0 bridgehead atoms. The molecule has 1 aliphatic rings. The quantitative estimate of drug-likeness (QED) is 0.563. The molecule has 31 heavy (non-hydrogen) atoms. The number of halogens is 1. The Kier molecular flexibility index (Phi) is 9.75. The summed E-state index contributed by atoms with van der Waals surface area (Å²) in [5.41, 5.74) is 8.04. The van der Waals surface area contributed by atoms with Gasteiger partial charge < -0.3 is 20.3 Å². The van der Waals surface area contributed by atoms with Crippen molar-refractivity contribution in [3.63, 3.8) is 0 Å². The van der Waals surface area contributed by atoms with E-state index in [9.17, 15) is 4.39 Å². The third kappa shape index (κ3) is 8.22. The zero-order chi connectivity index (χ0) is 21.9. The van der Waals surface area contributed by atoms with Crippen LogP contribution in [0.1, 0.15) is 24.0 Å². The first-order chi connectivity index (χ1) is 15.2. The summed E-state index contributed by atoms with van der Waals surface area (Å²) in [4.78, 5) is 7.54. The molecule has 0 amide bonds. The van der Waals surface area contributed by atoms with Gasteiger partial charge in [0.1, 0.15) is 11.6 Å². The molecule has 2 aromatic rings. The summed E-state index contributed by atoms with van der Waals surface area (Å²) >= 11 is 0. The molecule has 0 aliphatic carbocycles. The minimum Gasteiger partial charge on any atom is -0.497 e. The highest BCUT2D eigenvalue weighted by Crippen LogP contribution is 2.16. The van der Waals surface area contributed by atoms with Crippen molar-refractivity contribution in [1.29, 1.82) is 0 Å². The van der Waals surface area contributed by atoms with Crippen molar-refractivity contribution >= 4 is 0 Å². The van der Waals surface area contributed by atoms with Crippen LogP contribution in [0.4, 0.5) is 4.39 Å². The molecule has 0 atom stereocenters. The van der Waals surface area contributed by atoms with Gasteiger partial charge in [-0.3, -0.25) is 4.90 Å². The second kappa shape index (κ2) is 12.8. The molecule has 1 heterocycles. The normalized spacial score (nSPS) is 15.5. The first kappa shape index (κ1) is 23.7. The lowest BCUT2D eigenvalue weighted by atomic mass is 10.1. The summed E-state index contributed by atoms with van der Waals surface area (Å²) in [7, 11) is 1.69. The number of nitrogens with two attached hydrogens (primary N) is 1. The fourth-order valence-corrected chi connectivity index (χ4v) is 4.12. The highest BCUT2D eigenvalue weighted by molar-refractivity contribution is 5.27. The second-order valence-electron chi connectivity index (χ2n) is 8.36. The van der Waals surface area contributed by atoms with Crippen molar-refractivity contribution in [2.75, 3.05) is 59.5 Å². The molecular formula is C25H37FN4O. The van der Waals surface area contributed by atoms with E-state index in [4.69, 9.17) is 10.5 Å². The Morgan fingerprint density at radius 1 is 0.839 bits per heavy atom. The van der Waals surface area contributed by atoms with Crippen LogP contribution in [0.2, 0.25) is 0 Å². The van der Waals surface area contributed by atoms with Gasteiger partial charge in [-0.2, -0.15) is 0 Å². The van der Waals surface area contributed by atoms with E-state index in [0.717, 1.165) is 89.6 Å². The van der Waals surface area contributed by atoms with E-state index < -0.39 is 0 Å². The molecule has 0 radical (unpaired) electrons. The lowest BCUT2D eigenvalue weighted by molar-refractivity contribution is 0.125. The number of ether oxygens (including phenoxy) is 1. The monoisotopic (exact) mass is 428 g/mol. The van der Waals surface area contributed by atoms with E-state index >= 15 is 0 Å². The second-order valence-corrected chi connectivity index (χ2v) is 8.36. The maximum atomic E-state index is 13.3. The van der Waals surface area contributed by atoms with Crippen molar-refractivity contribution in [2.24, 2.45) is 5.73 Å². The van der Waals surface area contributed by atoms with Crippen molar-refractivity contribution in [3.05, 3.63) is 65.5 Å². The zero-order valence-electron chi connectivity index (χ0n) is 18.8. The fourth-order valence-electron chi connectivity index (χ4n) is 4.12. The number of benzene rings is 2. The predicted octanol–water partition coefficient (Wildman–Crippen LogP) is 3.19. The van der Waals surface area contributed by atoms with Crippen molar-refractivity contribution in [3.8, 4) is 5.75 Å². The fraction of sp³-hybridized carbons (Fsp3) is 0.520. The Bertz CT molecular complexity index is 745.